The Morgan fingerprint density at radius 1 is 0.871 bits per heavy atom. The van der Waals surface area contributed by atoms with Crippen molar-refractivity contribution in [3.05, 3.63) is 29.8 Å². The summed E-state index contributed by atoms with van der Waals surface area (Å²) < 4.78 is 12.7. The molecule has 31 heavy (non-hydrogen) atoms. The first-order valence-electron chi connectivity index (χ1n) is 12.7. The highest BCUT2D eigenvalue weighted by molar-refractivity contribution is 5.30. The highest BCUT2D eigenvalue weighted by atomic mass is 17.3. The van der Waals surface area contributed by atoms with Crippen LogP contribution in [-0.4, -0.2) is 24.7 Å². The Hall–Kier alpha value is -1.14. The van der Waals surface area contributed by atoms with E-state index in [4.69, 9.17) is 25.0 Å². The molecule has 0 aromatic heterocycles. The van der Waals surface area contributed by atoms with Gasteiger partial charge in [-0.3, -0.25) is 0 Å². The number of unbranched alkanes of at least 4 members (excludes halogenated alkanes) is 1. The van der Waals surface area contributed by atoms with Crippen molar-refractivity contribution in [2.75, 3.05) is 13.2 Å². The third-order valence-electron chi connectivity index (χ3n) is 8.91. The molecule has 1 aromatic carbocycles. The predicted octanol–water partition coefficient (Wildman–Crippen LogP) is 5.29. The lowest BCUT2D eigenvalue weighted by Crippen LogP contribution is -2.59. The second-order valence-electron chi connectivity index (χ2n) is 10.9. The van der Waals surface area contributed by atoms with Crippen molar-refractivity contribution in [1.29, 1.82) is 0 Å². The minimum atomic E-state index is -0.516. The maximum atomic E-state index is 6.85. The second-order valence-corrected chi connectivity index (χ2v) is 10.9. The largest absolute Gasteiger partial charge is 0.494 e. The summed E-state index contributed by atoms with van der Waals surface area (Å²) in [6.45, 7) is 1.47. The predicted molar refractivity (Wildman–Crippen MR) is 117 cm³/mol. The van der Waals surface area contributed by atoms with Crippen molar-refractivity contribution in [1.82, 2.24) is 0 Å². The Morgan fingerprint density at radius 3 is 2.19 bits per heavy atom. The number of benzene rings is 1. The molecule has 1 heterocycles. The molecule has 7 rings (SSSR count). The van der Waals surface area contributed by atoms with Crippen LogP contribution < -0.4 is 10.5 Å². The molecule has 0 amide bonds. The van der Waals surface area contributed by atoms with Gasteiger partial charge in [0.05, 0.1) is 6.61 Å². The molecule has 2 spiro atoms. The van der Waals surface area contributed by atoms with Crippen LogP contribution in [-0.2, 0) is 14.5 Å². The Labute approximate surface area is 185 Å². The fourth-order valence-corrected chi connectivity index (χ4v) is 7.46. The second kappa shape index (κ2) is 8.02. The highest BCUT2D eigenvalue weighted by Crippen LogP contribution is 2.64. The van der Waals surface area contributed by atoms with Crippen LogP contribution in [0.5, 0.6) is 5.75 Å². The van der Waals surface area contributed by atoms with Crippen molar-refractivity contribution in [2.45, 2.75) is 88.1 Å². The van der Waals surface area contributed by atoms with Crippen LogP contribution in [0.25, 0.3) is 0 Å². The van der Waals surface area contributed by atoms with Crippen molar-refractivity contribution in [2.24, 2.45) is 29.4 Å². The van der Waals surface area contributed by atoms with Gasteiger partial charge in [0.15, 0.2) is 0 Å². The first-order valence-corrected chi connectivity index (χ1v) is 12.7. The number of hydrogen-bond acceptors (Lipinski definition) is 5. The SMILES string of the molecule is NCCCCOc1ccc([C@H]2CC[C@]3(CC2)OO[C@]2(O3)C3CC4CC(C3)CC2C4)cc1. The van der Waals surface area contributed by atoms with Crippen LogP contribution in [0.15, 0.2) is 24.3 Å². The molecule has 6 fully saturated rings. The molecule has 6 aliphatic rings. The van der Waals surface area contributed by atoms with Crippen LogP contribution in [0.3, 0.4) is 0 Å². The van der Waals surface area contributed by atoms with E-state index in [1.807, 2.05) is 0 Å². The molecule has 0 radical (unpaired) electrons. The molecule has 170 valence electrons. The molecule has 5 saturated carbocycles. The monoisotopic (exact) mass is 427 g/mol. The van der Waals surface area contributed by atoms with Gasteiger partial charge in [-0.25, -0.2) is 0 Å². The van der Waals surface area contributed by atoms with Crippen molar-refractivity contribution in [3.8, 4) is 5.75 Å². The van der Waals surface area contributed by atoms with E-state index in [9.17, 15) is 0 Å². The summed E-state index contributed by atoms with van der Waals surface area (Å²) in [7, 11) is 0. The maximum Gasteiger partial charge on any atom is 0.210 e. The molecule has 0 atom stereocenters. The van der Waals surface area contributed by atoms with Gasteiger partial charge in [-0.2, -0.15) is 9.78 Å². The third kappa shape index (κ3) is 3.62. The van der Waals surface area contributed by atoms with Crippen LogP contribution in [0.2, 0.25) is 0 Å². The molecule has 5 aliphatic carbocycles. The zero-order valence-corrected chi connectivity index (χ0v) is 18.6. The van der Waals surface area contributed by atoms with E-state index < -0.39 is 11.6 Å². The van der Waals surface area contributed by atoms with E-state index in [1.165, 1.54) is 37.7 Å². The third-order valence-corrected chi connectivity index (χ3v) is 8.91. The van der Waals surface area contributed by atoms with Gasteiger partial charge < -0.3 is 15.2 Å². The van der Waals surface area contributed by atoms with Gasteiger partial charge in [0, 0.05) is 24.7 Å². The number of rotatable bonds is 6. The molecular weight excluding hydrogens is 390 g/mol. The number of nitrogens with two attached hydrogens (primary N) is 1. The lowest BCUT2D eigenvalue weighted by atomic mass is 9.53. The van der Waals surface area contributed by atoms with Crippen molar-refractivity contribution < 1.29 is 19.2 Å². The van der Waals surface area contributed by atoms with Crippen molar-refractivity contribution in [3.63, 3.8) is 0 Å². The summed E-state index contributed by atoms with van der Waals surface area (Å²) in [5.74, 6) is 3.44. The Bertz CT molecular complexity index is 742. The topological polar surface area (TPSA) is 62.9 Å². The Balaban J connectivity index is 1.06. The standard InChI is InChI=1S/C26H37NO4/c27-11-1-2-12-28-24-5-3-20(4-6-24)21-7-9-25(10-8-21)29-26(31-30-25)22-14-18-13-19(16-22)17-23(26)15-18/h3-6,18-19,21-23H,1-2,7-17,27H2/t18?,19?,21-,22?,23?,25+,26-. The summed E-state index contributed by atoms with van der Waals surface area (Å²) >= 11 is 0. The normalized spacial score (nSPS) is 43.2. The molecule has 1 aromatic rings. The summed E-state index contributed by atoms with van der Waals surface area (Å²) in [4.78, 5) is 12.3. The van der Waals surface area contributed by atoms with E-state index in [0.717, 1.165) is 69.3 Å². The smallest absolute Gasteiger partial charge is 0.210 e. The zero-order valence-electron chi connectivity index (χ0n) is 18.6. The first kappa shape index (κ1) is 20.5. The lowest BCUT2D eigenvalue weighted by Gasteiger charge is -2.57. The molecule has 1 saturated heterocycles. The van der Waals surface area contributed by atoms with Gasteiger partial charge in [0.1, 0.15) is 5.75 Å². The van der Waals surface area contributed by atoms with E-state index >= 15 is 0 Å². The Kier molecular flexibility index (Phi) is 5.29. The maximum absolute atomic E-state index is 6.85. The lowest BCUT2D eigenvalue weighted by molar-refractivity contribution is -0.390. The average Bonchev–Trinajstić information content (AvgIpc) is 3.16. The number of hydrogen-bond donors (Lipinski definition) is 1. The average molecular weight is 428 g/mol. The summed E-state index contributed by atoms with van der Waals surface area (Å²) in [6.07, 6.45) is 12.6. The van der Waals surface area contributed by atoms with E-state index in [0.29, 0.717) is 17.8 Å². The van der Waals surface area contributed by atoms with Gasteiger partial charge in [-0.1, -0.05) is 12.1 Å². The van der Waals surface area contributed by atoms with Crippen LogP contribution >= 0.6 is 0 Å². The summed E-state index contributed by atoms with van der Waals surface area (Å²) in [5, 5.41) is 0. The van der Waals surface area contributed by atoms with E-state index in [1.54, 1.807) is 0 Å². The summed E-state index contributed by atoms with van der Waals surface area (Å²) in [5.41, 5.74) is 6.94. The van der Waals surface area contributed by atoms with Gasteiger partial charge in [0.2, 0.25) is 11.6 Å². The van der Waals surface area contributed by atoms with E-state index in [2.05, 4.69) is 24.3 Å². The fraction of sp³-hybridized carbons (Fsp3) is 0.769. The summed E-state index contributed by atoms with van der Waals surface area (Å²) in [6, 6.07) is 8.68. The molecule has 1 aliphatic heterocycles. The molecule has 2 N–H and O–H groups in total. The van der Waals surface area contributed by atoms with Crippen LogP contribution in [0.1, 0.15) is 82.1 Å². The molecule has 4 bridgehead atoms. The minimum Gasteiger partial charge on any atom is -0.494 e. The first-order chi connectivity index (χ1) is 15.2. The fourth-order valence-electron chi connectivity index (χ4n) is 7.46. The molecule has 0 unspecified atom stereocenters. The quantitative estimate of drug-likeness (QED) is 0.494. The van der Waals surface area contributed by atoms with Crippen LogP contribution in [0, 0.1) is 23.7 Å². The van der Waals surface area contributed by atoms with Gasteiger partial charge >= 0.3 is 0 Å². The van der Waals surface area contributed by atoms with E-state index in [-0.39, 0.29) is 0 Å². The van der Waals surface area contributed by atoms with Gasteiger partial charge in [-0.05, 0) is 99.8 Å². The Morgan fingerprint density at radius 2 is 1.55 bits per heavy atom. The highest BCUT2D eigenvalue weighted by Gasteiger charge is 2.66. The zero-order chi connectivity index (χ0) is 20.9. The van der Waals surface area contributed by atoms with Crippen LogP contribution in [0.4, 0.5) is 0 Å². The van der Waals surface area contributed by atoms with Crippen molar-refractivity contribution >= 4 is 0 Å². The minimum absolute atomic E-state index is 0.441. The molecule has 5 nitrogen and oxygen atoms in total. The number of ether oxygens (including phenoxy) is 2. The molecular formula is C26H37NO4. The van der Waals surface area contributed by atoms with Gasteiger partial charge in [0.25, 0.3) is 0 Å². The molecule has 5 heteroatoms. The van der Waals surface area contributed by atoms with Gasteiger partial charge in [-0.15, -0.1) is 0 Å².